The van der Waals surface area contributed by atoms with Gasteiger partial charge < -0.3 is 19.6 Å². The summed E-state index contributed by atoms with van der Waals surface area (Å²) in [4.78, 5) is 42.9. The van der Waals surface area contributed by atoms with Gasteiger partial charge in [0.1, 0.15) is 0 Å². The summed E-state index contributed by atoms with van der Waals surface area (Å²) in [5, 5.41) is 6.62. The number of aryl methyl sites for hydroxylation is 1. The fourth-order valence-corrected chi connectivity index (χ4v) is 3.56. The fraction of sp³-hybridized carbons (Fsp3) is 0.455. The second kappa shape index (κ2) is 10.2. The maximum absolute atomic E-state index is 12.5. The van der Waals surface area contributed by atoms with Crippen molar-refractivity contribution in [1.29, 1.82) is 0 Å². The molecule has 9 nitrogen and oxygen atoms in total. The summed E-state index contributed by atoms with van der Waals surface area (Å²) in [6.45, 7) is 9.34. The van der Waals surface area contributed by atoms with E-state index in [1.807, 2.05) is 18.7 Å². The van der Waals surface area contributed by atoms with Crippen LogP contribution in [0.2, 0.25) is 0 Å². The van der Waals surface area contributed by atoms with Crippen LogP contribution in [0.15, 0.2) is 34.9 Å². The largest absolute Gasteiger partial charge is 0.351 e. The minimum Gasteiger partial charge on any atom is -0.351 e. The lowest BCUT2D eigenvalue weighted by molar-refractivity contribution is -0.117. The first-order valence-corrected chi connectivity index (χ1v) is 10.5. The second-order valence-electron chi connectivity index (χ2n) is 7.51. The maximum Gasteiger partial charge on any atom is 0.292 e. The molecule has 166 valence electrons. The quantitative estimate of drug-likeness (QED) is 0.724. The Morgan fingerprint density at radius 3 is 2.42 bits per heavy atom. The van der Waals surface area contributed by atoms with Gasteiger partial charge in [-0.1, -0.05) is 11.2 Å². The predicted molar refractivity (Wildman–Crippen MR) is 116 cm³/mol. The number of rotatable bonds is 7. The van der Waals surface area contributed by atoms with Gasteiger partial charge in [0, 0.05) is 56.6 Å². The minimum absolute atomic E-state index is 0.0520. The molecule has 1 saturated heterocycles. The van der Waals surface area contributed by atoms with Crippen LogP contribution in [0.3, 0.4) is 0 Å². The second-order valence-corrected chi connectivity index (χ2v) is 7.51. The monoisotopic (exact) mass is 427 g/mol. The van der Waals surface area contributed by atoms with Crippen LogP contribution in [0, 0.1) is 6.92 Å². The van der Waals surface area contributed by atoms with Crippen molar-refractivity contribution in [2.45, 2.75) is 20.8 Å². The number of anilines is 1. The van der Waals surface area contributed by atoms with Crippen molar-refractivity contribution < 1.29 is 18.9 Å². The molecular formula is C22H29N5O4. The molecule has 1 aromatic carbocycles. The Kier molecular flexibility index (Phi) is 7.41. The number of nitrogens with zero attached hydrogens (tertiary/aromatic N) is 4. The Hall–Kier alpha value is -3.20. The number of piperazine rings is 1. The van der Waals surface area contributed by atoms with Crippen molar-refractivity contribution in [2.75, 3.05) is 51.1 Å². The van der Waals surface area contributed by atoms with E-state index < -0.39 is 0 Å². The first-order chi connectivity index (χ1) is 14.9. The lowest BCUT2D eigenvalue weighted by atomic mass is 10.1. The van der Waals surface area contributed by atoms with E-state index in [2.05, 4.69) is 10.5 Å². The molecule has 1 aliphatic heterocycles. The zero-order valence-corrected chi connectivity index (χ0v) is 18.3. The van der Waals surface area contributed by atoms with Gasteiger partial charge in [-0.15, -0.1) is 0 Å². The molecule has 1 N–H and O–H groups in total. The maximum atomic E-state index is 12.5. The molecule has 2 aromatic rings. The predicted octanol–water partition coefficient (Wildman–Crippen LogP) is 1.86. The first kappa shape index (κ1) is 22.5. The molecule has 0 radical (unpaired) electrons. The highest BCUT2D eigenvalue weighted by molar-refractivity contribution is 5.97. The molecule has 9 heteroatoms. The van der Waals surface area contributed by atoms with Gasteiger partial charge in [0.15, 0.2) is 0 Å². The molecule has 1 aliphatic rings. The lowest BCUT2D eigenvalue weighted by Crippen LogP contribution is -2.50. The molecule has 1 fully saturated rings. The molecular weight excluding hydrogens is 398 g/mol. The van der Waals surface area contributed by atoms with E-state index in [4.69, 9.17) is 4.52 Å². The van der Waals surface area contributed by atoms with Crippen LogP contribution in [0.1, 0.15) is 40.5 Å². The summed E-state index contributed by atoms with van der Waals surface area (Å²) in [7, 11) is 0. The summed E-state index contributed by atoms with van der Waals surface area (Å²) in [5.74, 6) is -0.149. The van der Waals surface area contributed by atoms with Crippen LogP contribution in [-0.2, 0) is 4.79 Å². The topological polar surface area (TPSA) is 99.0 Å². The van der Waals surface area contributed by atoms with E-state index in [0.717, 1.165) is 0 Å². The summed E-state index contributed by atoms with van der Waals surface area (Å²) in [6.07, 6.45) is 0. The molecule has 31 heavy (non-hydrogen) atoms. The standard InChI is InChI=1S/C22H29N5O4/c1-4-26(5-2)21(29)17-7-6-8-18(14-17)23-20(28)15-25-9-11-27(12-10-25)22(30)19-13-16(3)24-31-19/h6-8,13-14H,4-5,9-12,15H2,1-3H3,(H,23,28). The van der Waals surface area contributed by atoms with E-state index in [1.165, 1.54) is 0 Å². The summed E-state index contributed by atoms with van der Waals surface area (Å²) in [6, 6.07) is 8.62. The summed E-state index contributed by atoms with van der Waals surface area (Å²) >= 11 is 0. The Balaban J connectivity index is 1.50. The highest BCUT2D eigenvalue weighted by Crippen LogP contribution is 2.14. The van der Waals surface area contributed by atoms with Gasteiger partial charge in [-0.3, -0.25) is 19.3 Å². The molecule has 1 aromatic heterocycles. The number of aromatic nitrogens is 1. The highest BCUT2D eigenvalue weighted by atomic mass is 16.5. The average molecular weight is 428 g/mol. The average Bonchev–Trinajstić information content (AvgIpc) is 3.21. The van der Waals surface area contributed by atoms with Crippen LogP contribution in [0.5, 0.6) is 0 Å². The Morgan fingerprint density at radius 1 is 1.10 bits per heavy atom. The number of carbonyl (C=O) groups excluding carboxylic acids is 3. The van der Waals surface area contributed by atoms with Gasteiger partial charge in [-0.2, -0.15) is 0 Å². The van der Waals surface area contributed by atoms with Crippen molar-refractivity contribution in [3.05, 3.63) is 47.3 Å². The fourth-order valence-electron chi connectivity index (χ4n) is 3.56. The molecule has 3 rings (SSSR count). The van der Waals surface area contributed by atoms with E-state index in [1.54, 1.807) is 47.1 Å². The summed E-state index contributed by atoms with van der Waals surface area (Å²) in [5.41, 5.74) is 1.82. The van der Waals surface area contributed by atoms with Gasteiger partial charge >= 0.3 is 0 Å². The van der Waals surface area contributed by atoms with Gasteiger partial charge in [0.05, 0.1) is 12.2 Å². The van der Waals surface area contributed by atoms with Crippen molar-refractivity contribution in [3.63, 3.8) is 0 Å². The normalized spacial score (nSPS) is 14.4. The molecule has 3 amide bonds. The molecule has 0 bridgehead atoms. The third-order valence-electron chi connectivity index (χ3n) is 5.31. The molecule has 0 aliphatic carbocycles. The first-order valence-electron chi connectivity index (χ1n) is 10.5. The van der Waals surface area contributed by atoms with Gasteiger partial charge in [-0.05, 0) is 39.0 Å². The summed E-state index contributed by atoms with van der Waals surface area (Å²) < 4.78 is 5.05. The third-order valence-corrected chi connectivity index (χ3v) is 5.31. The van der Waals surface area contributed by atoms with Gasteiger partial charge in [0.2, 0.25) is 11.7 Å². The molecule has 0 saturated carbocycles. The number of carbonyl (C=O) groups is 3. The van der Waals surface area contributed by atoms with E-state index in [0.29, 0.717) is 56.2 Å². The van der Waals surface area contributed by atoms with Crippen LogP contribution >= 0.6 is 0 Å². The zero-order valence-electron chi connectivity index (χ0n) is 18.3. The van der Waals surface area contributed by atoms with Crippen molar-refractivity contribution >= 4 is 23.4 Å². The zero-order chi connectivity index (χ0) is 22.4. The number of hydrogen-bond donors (Lipinski definition) is 1. The molecule has 2 heterocycles. The smallest absolute Gasteiger partial charge is 0.292 e. The number of hydrogen-bond acceptors (Lipinski definition) is 6. The van der Waals surface area contributed by atoms with Crippen LogP contribution < -0.4 is 5.32 Å². The van der Waals surface area contributed by atoms with Gasteiger partial charge in [0.25, 0.3) is 11.8 Å². The Bertz CT molecular complexity index is 929. The van der Waals surface area contributed by atoms with Crippen molar-refractivity contribution in [3.8, 4) is 0 Å². The molecule has 0 atom stereocenters. The number of nitrogens with one attached hydrogen (secondary N) is 1. The number of benzene rings is 1. The van der Waals surface area contributed by atoms with E-state index in [9.17, 15) is 14.4 Å². The number of amides is 3. The van der Waals surface area contributed by atoms with E-state index >= 15 is 0 Å². The Morgan fingerprint density at radius 2 is 1.81 bits per heavy atom. The Labute approximate surface area is 182 Å². The van der Waals surface area contributed by atoms with Gasteiger partial charge in [-0.25, -0.2) is 0 Å². The van der Waals surface area contributed by atoms with Crippen LogP contribution in [-0.4, -0.2) is 83.4 Å². The van der Waals surface area contributed by atoms with Crippen molar-refractivity contribution in [1.82, 2.24) is 19.9 Å². The molecule has 0 spiro atoms. The van der Waals surface area contributed by atoms with Crippen LogP contribution in [0.25, 0.3) is 0 Å². The van der Waals surface area contributed by atoms with Crippen molar-refractivity contribution in [2.24, 2.45) is 0 Å². The lowest BCUT2D eigenvalue weighted by Gasteiger charge is -2.33. The third kappa shape index (κ3) is 5.69. The molecule has 0 unspecified atom stereocenters. The van der Waals surface area contributed by atoms with E-state index in [-0.39, 0.29) is 30.0 Å². The highest BCUT2D eigenvalue weighted by Gasteiger charge is 2.25. The van der Waals surface area contributed by atoms with Crippen LogP contribution in [0.4, 0.5) is 5.69 Å². The SMILES string of the molecule is CCN(CC)C(=O)c1cccc(NC(=O)CN2CCN(C(=O)c3cc(C)no3)CC2)c1. The minimum atomic E-state index is -0.181.